The van der Waals surface area contributed by atoms with Crippen LogP contribution >= 0.6 is 0 Å². The second-order valence-corrected chi connectivity index (χ2v) is 12.0. The van der Waals surface area contributed by atoms with Gasteiger partial charge in [-0.2, -0.15) is 0 Å². The van der Waals surface area contributed by atoms with E-state index in [0.717, 1.165) is 62.4 Å². The van der Waals surface area contributed by atoms with Crippen molar-refractivity contribution in [1.82, 2.24) is 14.8 Å². The number of aryl methyl sites for hydroxylation is 1. The lowest BCUT2D eigenvalue weighted by molar-refractivity contribution is -0.143. The highest BCUT2D eigenvalue weighted by Gasteiger charge is 2.38. The van der Waals surface area contributed by atoms with E-state index in [4.69, 9.17) is 14.5 Å². The van der Waals surface area contributed by atoms with Crippen molar-refractivity contribution < 1.29 is 23.8 Å². The Morgan fingerprint density at radius 2 is 2.05 bits per heavy atom. The molecule has 2 aliphatic heterocycles. The third kappa shape index (κ3) is 7.96. The van der Waals surface area contributed by atoms with Gasteiger partial charge in [-0.25, -0.2) is 9.37 Å². The van der Waals surface area contributed by atoms with Gasteiger partial charge in [0.1, 0.15) is 11.9 Å². The van der Waals surface area contributed by atoms with Crippen LogP contribution in [-0.2, 0) is 22.4 Å². The molecular formula is C32H47FN4O4. The lowest BCUT2D eigenvalue weighted by Crippen LogP contribution is -2.43. The first-order valence-corrected chi connectivity index (χ1v) is 15.1. The summed E-state index contributed by atoms with van der Waals surface area (Å²) in [5.41, 5.74) is 3.48. The zero-order valence-corrected chi connectivity index (χ0v) is 25.3. The molecule has 1 saturated heterocycles. The maximum absolute atomic E-state index is 14.9. The number of benzene rings is 1. The maximum Gasteiger partial charge on any atom is 0.325 e. The molecule has 1 fully saturated rings. The van der Waals surface area contributed by atoms with Gasteiger partial charge in [0.25, 0.3) is 0 Å². The van der Waals surface area contributed by atoms with Gasteiger partial charge in [-0.15, -0.1) is 0 Å². The van der Waals surface area contributed by atoms with Gasteiger partial charge in [0, 0.05) is 56.4 Å². The Labute approximate surface area is 244 Å². The molecule has 4 rings (SSSR count). The minimum absolute atomic E-state index is 0.0156. The van der Waals surface area contributed by atoms with Crippen molar-refractivity contribution in [3.63, 3.8) is 0 Å². The van der Waals surface area contributed by atoms with Crippen LogP contribution in [0.1, 0.15) is 74.9 Å². The summed E-state index contributed by atoms with van der Waals surface area (Å²) in [6, 6.07) is 6.74. The Morgan fingerprint density at radius 1 is 1.24 bits per heavy atom. The van der Waals surface area contributed by atoms with Crippen molar-refractivity contribution in [1.29, 1.82) is 0 Å². The fraction of sp³-hybridized carbons (Fsp3) is 0.625. The summed E-state index contributed by atoms with van der Waals surface area (Å²) in [7, 11) is 1.39. The maximum atomic E-state index is 14.9. The number of carboxylic acids is 1. The molecule has 0 saturated carbocycles. The summed E-state index contributed by atoms with van der Waals surface area (Å²) in [5.74, 6) is 0.0465. The fourth-order valence-corrected chi connectivity index (χ4v) is 6.04. The molecule has 0 radical (unpaired) electrons. The molecule has 226 valence electrons. The zero-order valence-electron chi connectivity index (χ0n) is 25.3. The summed E-state index contributed by atoms with van der Waals surface area (Å²) in [5, 5.41) is 13.7. The minimum Gasteiger partial charge on any atom is -0.493 e. The Balaban J connectivity index is 1.37. The number of aliphatic carboxylic acids is 1. The summed E-state index contributed by atoms with van der Waals surface area (Å²) in [4.78, 5) is 21.7. The third-order valence-electron chi connectivity index (χ3n) is 8.15. The monoisotopic (exact) mass is 570 g/mol. The second-order valence-electron chi connectivity index (χ2n) is 12.0. The van der Waals surface area contributed by atoms with Crippen LogP contribution in [0.15, 0.2) is 24.3 Å². The fourth-order valence-electron chi connectivity index (χ4n) is 6.04. The van der Waals surface area contributed by atoms with Crippen molar-refractivity contribution in [2.24, 2.45) is 5.92 Å². The smallest absolute Gasteiger partial charge is 0.325 e. The predicted octanol–water partition coefficient (Wildman–Crippen LogP) is 5.13. The molecule has 0 aliphatic carbocycles. The molecule has 0 bridgehead atoms. The van der Waals surface area contributed by atoms with Crippen LogP contribution in [-0.4, -0.2) is 84.9 Å². The number of rotatable bonds is 14. The molecule has 2 aromatic rings. The van der Waals surface area contributed by atoms with Crippen molar-refractivity contribution in [3.8, 4) is 5.75 Å². The number of aromatic nitrogens is 1. The van der Waals surface area contributed by atoms with E-state index < -0.39 is 17.8 Å². The SMILES string of the molecule is COc1c(F)cc(C(C)C)cc1C(C(=O)O)N1CC[C@@H](N(CCOCCc2ccc3c(n2)NCCC3)CC(C)C)C1. The molecule has 41 heavy (non-hydrogen) atoms. The topological polar surface area (TPSA) is 87.2 Å². The highest BCUT2D eigenvalue weighted by molar-refractivity contribution is 5.77. The van der Waals surface area contributed by atoms with Gasteiger partial charge in [-0.3, -0.25) is 14.6 Å². The van der Waals surface area contributed by atoms with Gasteiger partial charge >= 0.3 is 5.97 Å². The molecule has 0 amide bonds. The number of ether oxygens (including phenoxy) is 2. The Bertz CT molecular complexity index is 1170. The molecule has 9 heteroatoms. The van der Waals surface area contributed by atoms with Crippen molar-refractivity contribution in [3.05, 3.63) is 52.5 Å². The molecule has 1 unspecified atom stereocenters. The number of hydrogen-bond acceptors (Lipinski definition) is 7. The number of fused-ring (bicyclic) bond motifs is 1. The molecular weight excluding hydrogens is 523 g/mol. The number of nitrogens with one attached hydrogen (secondary N) is 1. The molecule has 0 spiro atoms. The van der Waals surface area contributed by atoms with Crippen molar-refractivity contribution in [2.75, 3.05) is 58.4 Å². The quantitative estimate of drug-likeness (QED) is 0.303. The van der Waals surface area contributed by atoms with Crippen LogP contribution in [0.3, 0.4) is 0 Å². The normalized spacial score (nSPS) is 18.1. The lowest BCUT2D eigenvalue weighted by atomic mass is 9.95. The molecule has 2 aliphatic rings. The Hall–Kier alpha value is -2.75. The van der Waals surface area contributed by atoms with E-state index in [0.29, 0.717) is 37.8 Å². The molecule has 3 heterocycles. The number of carboxylic acid groups (broad SMARTS) is 1. The van der Waals surface area contributed by atoms with E-state index in [9.17, 15) is 14.3 Å². The lowest BCUT2D eigenvalue weighted by Gasteiger charge is -2.32. The van der Waals surface area contributed by atoms with Gasteiger partial charge in [-0.1, -0.05) is 33.8 Å². The number of carbonyl (C=O) groups is 1. The number of likely N-dealkylation sites (tertiary alicyclic amines) is 1. The predicted molar refractivity (Wildman–Crippen MR) is 159 cm³/mol. The van der Waals surface area contributed by atoms with E-state index in [2.05, 4.69) is 36.2 Å². The number of pyridine rings is 1. The first kappa shape index (κ1) is 31.2. The average Bonchev–Trinajstić information content (AvgIpc) is 3.41. The van der Waals surface area contributed by atoms with Gasteiger partial charge in [0.15, 0.2) is 11.6 Å². The summed E-state index contributed by atoms with van der Waals surface area (Å²) in [6.45, 7) is 13.4. The number of nitrogens with zero attached hydrogens (tertiary/aromatic N) is 3. The first-order valence-electron chi connectivity index (χ1n) is 15.1. The number of methoxy groups -OCH3 is 1. The van der Waals surface area contributed by atoms with Crippen LogP contribution in [0.5, 0.6) is 5.75 Å². The van der Waals surface area contributed by atoms with Gasteiger partial charge < -0.3 is 19.9 Å². The summed E-state index contributed by atoms with van der Waals surface area (Å²) < 4.78 is 26.4. The van der Waals surface area contributed by atoms with Crippen LogP contribution < -0.4 is 10.1 Å². The summed E-state index contributed by atoms with van der Waals surface area (Å²) >= 11 is 0. The zero-order chi connectivity index (χ0) is 29.5. The van der Waals surface area contributed by atoms with E-state index in [1.54, 1.807) is 6.07 Å². The van der Waals surface area contributed by atoms with Gasteiger partial charge in [0.2, 0.25) is 0 Å². The number of anilines is 1. The number of halogens is 1. The Kier molecular flexibility index (Phi) is 11.0. The average molecular weight is 571 g/mol. The number of hydrogen-bond donors (Lipinski definition) is 2. The molecule has 1 aromatic heterocycles. The minimum atomic E-state index is -0.992. The Morgan fingerprint density at radius 3 is 2.76 bits per heavy atom. The van der Waals surface area contributed by atoms with Crippen LogP contribution in [0.4, 0.5) is 10.2 Å². The molecule has 8 nitrogen and oxygen atoms in total. The third-order valence-corrected chi connectivity index (χ3v) is 8.15. The highest BCUT2D eigenvalue weighted by Crippen LogP contribution is 2.37. The second kappa shape index (κ2) is 14.4. The standard InChI is InChI=1S/C32H47FN4O4/c1-21(2)19-36(14-16-41-15-11-25-9-8-23-7-6-12-34-31(23)35-25)26-10-13-37(20-26)29(32(38)39)27-17-24(22(3)4)18-28(33)30(27)40-5/h8-9,17-18,21-22,26,29H,6-7,10-16,19-20H2,1-5H3,(H,34,35)(H,38,39)/t26-,29?/m1/s1. The van der Waals surface area contributed by atoms with Crippen molar-refractivity contribution >= 4 is 11.8 Å². The summed E-state index contributed by atoms with van der Waals surface area (Å²) in [6.07, 6.45) is 3.85. The van der Waals surface area contributed by atoms with Crippen LogP contribution in [0.25, 0.3) is 0 Å². The molecule has 2 atom stereocenters. The van der Waals surface area contributed by atoms with Gasteiger partial charge in [-0.05, 0) is 60.4 Å². The molecule has 1 aromatic carbocycles. The largest absolute Gasteiger partial charge is 0.493 e. The highest BCUT2D eigenvalue weighted by atomic mass is 19.1. The first-order chi connectivity index (χ1) is 19.7. The van der Waals surface area contributed by atoms with E-state index >= 15 is 0 Å². The van der Waals surface area contributed by atoms with Crippen LogP contribution in [0, 0.1) is 11.7 Å². The van der Waals surface area contributed by atoms with E-state index in [1.165, 1.54) is 18.7 Å². The van der Waals surface area contributed by atoms with Crippen molar-refractivity contribution in [2.45, 2.75) is 71.4 Å². The van der Waals surface area contributed by atoms with Crippen LogP contribution in [0.2, 0.25) is 0 Å². The molecule has 2 N–H and O–H groups in total. The van der Waals surface area contributed by atoms with E-state index in [1.807, 2.05) is 18.7 Å². The van der Waals surface area contributed by atoms with Gasteiger partial charge in [0.05, 0.1) is 20.3 Å². The van der Waals surface area contributed by atoms with E-state index in [-0.39, 0.29) is 17.7 Å².